The molecule has 0 bridgehead atoms. The number of ether oxygens (including phenoxy) is 1. The highest BCUT2D eigenvalue weighted by atomic mass is 19.1. The highest BCUT2D eigenvalue weighted by Gasteiger charge is 2.14. The van der Waals surface area contributed by atoms with E-state index in [1.165, 1.54) is 18.2 Å². The van der Waals surface area contributed by atoms with Crippen LogP contribution in [0.15, 0.2) is 45.4 Å². The first-order valence-electron chi connectivity index (χ1n) is 6.44. The van der Waals surface area contributed by atoms with Gasteiger partial charge in [0.05, 0.1) is 0 Å². The summed E-state index contributed by atoms with van der Waals surface area (Å²) in [5, 5.41) is 7.36. The normalized spacial score (nSPS) is 10.6. The Kier molecular flexibility index (Phi) is 3.69. The molecule has 0 saturated carbocycles. The molecule has 0 fully saturated rings. The van der Waals surface area contributed by atoms with Crippen molar-refractivity contribution in [3.8, 4) is 11.3 Å². The highest BCUT2D eigenvalue weighted by Crippen LogP contribution is 2.21. The predicted octanol–water partition coefficient (Wildman–Crippen LogP) is 3.13. The van der Waals surface area contributed by atoms with Gasteiger partial charge in [-0.15, -0.1) is 0 Å². The van der Waals surface area contributed by atoms with Crippen LogP contribution in [0.5, 0.6) is 0 Å². The Balaban J connectivity index is 1.64. The molecular formula is C15H11FN2O4. The minimum atomic E-state index is -0.608. The molecule has 6 nitrogen and oxygen atoms in total. The number of rotatable bonds is 4. The summed E-state index contributed by atoms with van der Waals surface area (Å²) in [5.74, 6) is 0.0406. The largest absolute Gasteiger partial charge is 0.454 e. The summed E-state index contributed by atoms with van der Waals surface area (Å²) in [6.45, 7) is 1.62. The number of aromatic nitrogens is 2. The number of nitrogens with zero attached hydrogens (tertiary/aromatic N) is 2. The van der Waals surface area contributed by atoms with Gasteiger partial charge in [-0.05, 0) is 31.2 Å². The first-order valence-corrected chi connectivity index (χ1v) is 6.44. The van der Waals surface area contributed by atoms with Gasteiger partial charge >= 0.3 is 5.97 Å². The van der Waals surface area contributed by atoms with E-state index in [1.54, 1.807) is 25.1 Å². The zero-order chi connectivity index (χ0) is 15.5. The number of hydrogen-bond donors (Lipinski definition) is 0. The van der Waals surface area contributed by atoms with E-state index in [1.807, 2.05) is 0 Å². The van der Waals surface area contributed by atoms with Crippen LogP contribution in [0.4, 0.5) is 4.39 Å². The molecule has 0 spiro atoms. The van der Waals surface area contributed by atoms with Gasteiger partial charge < -0.3 is 13.8 Å². The van der Waals surface area contributed by atoms with Gasteiger partial charge in [0, 0.05) is 17.7 Å². The SMILES string of the molecule is Cc1cc(C(=O)OCc2cc(-c3ccc(F)cc3)on2)no1. The molecule has 0 radical (unpaired) electrons. The molecule has 0 aliphatic rings. The molecule has 2 heterocycles. The Morgan fingerprint density at radius 1 is 1.18 bits per heavy atom. The fourth-order valence-corrected chi connectivity index (χ4v) is 1.81. The van der Waals surface area contributed by atoms with Crippen LogP contribution in [0.1, 0.15) is 21.9 Å². The number of hydrogen-bond acceptors (Lipinski definition) is 6. The minimum absolute atomic E-state index is 0.0601. The van der Waals surface area contributed by atoms with Gasteiger partial charge in [-0.2, -0.15) is 0 Å². The maximum absolute atomic E-state index is 12.9. The summed E-state index contributed by atoms with van der Waals surface area (Å²) in [7, 11) is 0. The van der Waals surface area contributed by atoms with E-state index in [0.29, 0.717) is 22.8 Å². The number of carbonyl (C=O) groups is 1. The molecule has 3 aromatic rings. The van der Waals surface area contributed by atoms with E-state index in [9.17, 15) is 9.18 Å². The topological polar surface area (TPSA) is 78.4 Å². The van der Waals surface area contributed by atoms with Crippen molar-refractivity contribution in [1.29, 1.82) is 0 Å². The Morgan fingerprint density at radius 2 is 1.95 bits per heavy atom. The summed E-state index contributed by atoms with van der Waals surface area (Å²) in [6.07, 6.45) is 0. The van der Waals surface area contributed by atoms with Gasteiger partial charge in [0.2, 0.25) is 0 Å². The molecule has 112 valence electrons. The van der Waals surface area contributed by atoms with Gasteiger partial charge in [-0.1, -0.05) is 10.3 Å². The molecule has 0 aliphatic carbocycles. The third-order valence-electron chi connectivity index (χ3n) is 2.88. The second-order valence-electron chi connectivity index (χ2n) is 4.59. The second kappa shape index (κ2) is 5.80. The quantitative estimate of drug-likeness (QED) is 0.689. The predicted molar refractivity (Wildman–Crippen MR) is 72.3 cm³/mol. The van der Waals surface area contributed by atoms with Gasteiger partial charge in [-0.25, -0.2) is 9.18 Å². The van der Waals surface area contributed by atoms with E-state index in [4.69, 9.17) is 13.8 Å². The Morgan fingerprint density at radius 3 is 2.64 bits per heavy atom. The van der Waals surface area contributed by atoms with Crippen molar-refractivity contribution in [1.82, 2.24) is 10.3 Å². The van der Waals surface area contributed by atoms with Crippen LogP contribution in [-0.2, 0) is 11.3 Å². The van der Waals surface area contributed by atoms with Crippen molar-refractivity contribution in [3.63, 3.8) is 0 Å². The Hall–Kier alpha value is -2.96. The first kappa shape index (κ1) is 14.0. The van der Waals surface area contributed by atoms with E-state index in [0.717, 1.165) is 0 Å². The molecule has 0 atom stereocenters. The summed E-state index contributed by atoms with van der Waals surface area (Å²) in [5.41, 5.74) is 1.21. The van der Waals surface area contributed by atoms with Crippen LogP contribution in [0.25, 0.3) is 11.3 Å². The number of carbonyl (C=O) groups excluding carboxylic acids is 1. The highest BCUT2D eigenvalue weighted by molar-refractivity contribution is 5.87. The molecule has 1 aromatic carbocycles. The lowest BCUT2D eigenvalue weighted by Crippen LogP contribution is -2.05. The third-order valence-corrected chi connectivity index (χ3v) is 2.88. The zero-order valence-corrected chi connectivity index (χ0v) is 11.6. The molecule has 0 saturated heterocycles. The van der Waals surface area contributed by atoms with Gasteiger partial charge in [0.25, 0.3) is 0 Å². The molecule has 0 amide bonds. The van der Waals surface area contributed by atoms with Crippen molar-refractivity contribution in [2.45, 2.75) is 13.5 Å². The molecule has 22 heavy (non-hydrogen) atoms. The van der Waals surface area contributed by atoms with E-state index in [2.05, 4.69) is 10.3 Å². The standard InChI is InChI=1S/C15H11FN2O4/c1-9-6-13(18-21-9)15(19)20-8-12-7-14(22-17-12)10-2-4-11(16)5-3-10/h2-7H,8H2,1H3. The Bertz CT molecular complexity index is 792. The number of benzene rings is 1. The lowest BCUT2D eigenvalue weighted by molar-refractivity contribution is 0.0452. The van der Waals surface area contributed by atoms with Crippen molar-refractivity contribution >= 4 is 5.97 Å². The molecule has 0 N–H and O–H groups in total. The maximum atomic E-state index is 12.9. The maximum Gasteiger partial charge on any atom is 0.360 e. The van der Waals surface area contributed by atoms with Crippen LogP contribution in [-0.4, -0.2) is 16.3 Å². The van der Waals surface area contributed by atoms with Gasteiger partial charge in [0.1, 0.15) is 23.9 Å². The van der Waals surface area contributed by atoms with Crippen molar-refractivity contribution in [2.24, 2.45) is 0 Å². The number of halogens is 1. The molecule has 2 aromatic heterocycles. The molecule has 7 heteroatoms. The molecular weight excluding hydrogens is 291 g/mol. The monoisotopic (exact) mass is 302 g/mol. The first-order chi connectivity index (χ1) is 10.6. The van der Waals surface area contributed by atoms with Gasteiger partial charge in [-0.3, -0.25) is 0 Å². The van der Waals surface area contributed by atoms with E-state index >= 15 is 0 Å². The minimum Gasteiger partial charge on any atom is -0.454 e. The lowest BCUT2D eigenvalue weighted by atomic mass is 10.1. The van der Waals surface area contributed by atoms with Crippen LogP contribution in [0.3, 0.4) is 0 Å². The zero-order valence-electron chi connectivity index (χ0n) is 11.6. The van der Waals surface area contributed by atoms with Crippen LogP contribution >= 0.6 is 0 Å². The van der Waals surface area contributed by atoms with Crippen molar-refractivity contribution in [3.05, 3.63) is 59.4 Å². The lowest BCUT2D eigenvalue weighted by Gasteiger charge is -1.97. The smallest absolute Gasteiger partial charge is 0.360 e. The fraction of sp³-hybridized carbons (Fsp3) is 0.133. The summed E-state index contributed by atoms with van der Waals surface area (Å²) in [4.78, 5) is 11.7. The summed E-state index contributed by atoms with van der Waals surface area (Å²) >= 11 is 0. The molecule has 0 aliphatic heterocycles. The van der Waals surface area contributed by atoms with Crippen LogP contribution in [0, 0.1) is 12.7 Å². The van der Waals surface area contributed by atoms with E-state index in [-0.39, 0.29) is 18.1 Å². The average molecular weight is 302 g/mol. The molecule has 3 rings (SSSR count). The average Bonchev–Trinajstić information content (AvgIpc) is 3.15. The third kappa shape index (κ3) is 3.03. The van der Waals surface area contributed by atoms with E-state index < -0.39 is 5.97 Å². The Labute approximate surface area is 124 Å². The second-order valence-corrected chi connectivity index (χ2v) is 4.59. The number of esters is 1. The fourth-order valence-electron chi connectivity index (χ4n) is 1.81. The summed E-state index contributed by atoms with van der Waals surface area (Å²) < 4.78 is 27.8. The number of aryl methyl sites for hydroxylation is 1. The van der Waals surface area contributed by atoms with Crippen molar-refractivity contribution < 1.29 is 23.0 Å². The van der Waals surface area contributed by atoms with Crippen LogP contribution < -0.4 is 0 Å². The summed E-state index contributed by atoms with van der Waals surface area (Å²) in [6, 6.07) is 8.90. The van der Waals surface area contributed by atoms with Crippen LogP contribution in [0.2, 0.25) is 0 Å². The molecule has 0 unspecified atom stereocenters. The van der Waals surface area contributed by atoms with Gasteiger partial charge in [0.15, 0.2) is 11.5 Å². The van der Waals surface area contributed by atoms with Crippen molar-refractivity contribution in [2.75, 3.05) is 0 Å².